The molecule has 1 heterocycles. The lowest BCUT2D eigenvalue weighted by atomic mass is 10.3. The number of anilines is 1. The first-order valence-electron chi connectivity index (χ1n) is 5.54. The van der Waals surface area contributed by atoms with Crippen LogP contribution in [0.2, 0.25) is 0 Å². The molecule has 2 aromatic rings. The highest BCUT2D eigenvalue weighted by molar-refractivity contribution is 5.76. The normalized spacial score (nSPS) is 15.8. The Balaban J connectivity index is 1.71. The van der Waals surface area contributed by atoms with E-state index in [1.165, 1.54) is 12.8 Å². The molecule has 3 rings (SSSR count). The zero-order valence-electron chi connectivity index (χ0n) is 8.98. The smallest absolute Gasteiger partial charge is 0.221 e. The van der Waals surface area contributed by atoms with Crippen LogP contribution in [0.15, 0.2) is 22.6 Å². The van der Waals surface area contributed by atoms with E-state index >= 15 is 0 Å². The molecule has 2 N–H and O–H groups in total. The summed E-state index contributed by atoms with van der Waals surface area (Å²) >= 11 is 0. The van der Waals surface area contributed by atoms with Gasteiger partial charge in [0.25, 0.3) is 0 Å². The molecule has 0 amide bonds. The first-order chi connectivity index (χ1) is 7.81. The Morgan fingerprint density at radius 2 is 2.31 bits per heavy atom. The van der Waals surface area contributed by atoms with Gasteiger partial charge in [0.05, 0.1) is 6.61 Å². The second kappa shape index (κ2) is 3.79. The van der Waals surface area contributed by atoms with Crippen molar-refractivity contribution in [2.75, 3.05) is 12.3 Å². The van der Waals surface area contributed by atoms with E-state index in [9.17, 15) is 0 Å². The van der Waals surface area contributed by atoms with Crippen LogP contribution in [-0.2, 0) is 11.3 Å². The molecule has 0 unspecified atom stereocenters. The molecule has 0 spiro atoms. The minimum atomic E-state index is 0.449. The number of aromatic nitrogens is 1. The van der Waals surface area contributed by atoms with E-state index in [1.807, 2.05) is 12.1 Å². The van der Waals surface area contributed by atoms with Crippen LogP contribution in [0.25, 0.3) is 11.1 Å². The van der Waals surface area contributed by atoms with Gasteiger partial charge in [0, 0.05) is 11.8 Å². The second-order valence-corrected chi connectivity index (χ2v) is 4.29. The summed E-state index contributed by atoms with van der Waals surface area (Å²) in [5.41, 5.74) is 7.91. The first kappa shape index (κ1) is 9.66. The fourth-order valence-electron chi connectivity index (χ4n) is 1.65. The van der Waals surface area contributed by atoms with E-state index < -0.39 is 0 Å². The lowest BCUT2D eigenvalue weighted by molar-refractivity contribution is 0.0950. The Kier molecular flexibility index (Phi) is 2.29. The summed E-state index contributed by atoms with van der Waals surface area (Å²) in [7, 11) is 0. The van der Waals surface area contributed by atoms with Crippen molar-refractivity contribution >= 4 is 16.8 Å². The number of nitrogens with zero attached hydrogens (tertiary/aromatic N) is 1. The number of fused-ring (bicyclic) bond motifs is 1. The van der Waals surface area contributed by atoms with Crippen molar-refractivity contribution in [1.82, 2.24) is 4.98 Å². The van der Waals surface area contributed by atoms with Crippen LogP contribution in [0, 0.1) is 5.92 Å². The van der Waals surface area contributed by atoms with Crippen LogP contribution < -0.4 is 5.73 Å². The van der Waals surface area contributed by atoms with E-state index in [-0.39, 0.29) is 0 Å². The lowest BCUT2D eigenvalue weighted by Crippen LogP contribution is -1.96. The van der Waals surface area contributed by atoms with Crippen LogP contribution in [0.1, 0.15) is 18.7 Å². The van der Waals surface area contributed by atoms with Gasteiger partial charge < -0.3 is 14.9 Å². The van der Waals surface area contributed by atoms with Crippen LogP contribution >= 0.6 is 0 Å². The van der Waals surface area contributed by atoms with E-state index in [0.29, 0.717) is 18.2 Å². The van der Waals surface area contributed by atoms with E-state index in [1.54, 1.807) is 6.07 Å². The SMILES string of the molecule is Nc1ccc2nc(COCC3CC3)oc2c1. The number of nitrogens with two attached hydrogens (primary N) is 1. The molecule has 1 aliphatic rings. The molecule has 0 saturated heterocycles. The summed E-state index contributed by atoms with van der Waals surface area (Å²) in [5, 5.41) is 0. The molecule has 4 heteroatoms. The fourth-order valence-corrected chi connectivity index (χ4v) is 1.65. The highest BCUT2D eigenvalue weighted by atomic mass is 16.5. The van der Waals surface area contributed by atoms with E-state index in [0.717, 1.165) is 23.6 Å². The Bertz CT molecular complexity index is 503. The average molecular weight is 218 g/mol. The van der Waals surface area contributed by atoms with Crippen LogP contribution in [0.3, 0.4) is 0 Å². The van der Waals surface area contributed by atoms with Crippen molar-refractivity contribution in [2.45, 2.75) is 19.4 Å². The molecule has 16 heavy (non-hydrogen) atoms. The molecule has 1 aromatic carbocycles. The predicted octanol–water partition coefficient (Wildman–Crippen LogP) is 2.34. The summed E-state index contributed by atoms with van der Waals surface area (Å²) in [6.45, 7) is 1.27. The first-order valence-corrected chi connectivity index (χ1v) is 5.54. The third-order valence-corrected chi connectivity index (χ3v) is 2.73. The standard InChI is InChI=1S/C12H14N2O2/c13-9-3-4-10-11(5-9)16-12(14-10)7-15-6-8-1-2-8/h3-5,8H,1-2,6-7,13H2. The number of oxazole rings is 1. The van der Waals surface area contributed by atoms with Crippen molar-refractivity contribution in [3.63, 3.8) is 0 Å². The molecule has 0 aliphatic heterocycles. The van der Waals surface area contributed by atoms with Gasteiger partial charge in [-0.2, -0.15) is 0 Å². The molecule has 1 aliphatic carbocycles. The summed E-state index contributed by atoms with van der Waals surface area (Å²) in [6, 6.07) is 5.46. The van der Waals surface area contributed by atoms with Gasteiger partial charge in [0.15, 0.2) is 5.58 Å². The van der Waals surface area contributed by atoms with E-state index in [2.05, 4.69) is 4.98 Å². The average Bonchev–Trinajstić information content (AvgIpc) is 2.98. The molecule has 0 bridgehead atoms. The predicted molar refractivity (Wildman–Crippen MR) is 60.8 cm³/mol. The zero-order chi connectivity index (χ0) is 11.0. The summed E-state index contributed by atoms with van der Waals surface area (Å²) < 4.78 is 11.1. The van der Waals surface area contributed by atoms with Crippen LogP contribution in [0.4, 0.5) is 5.69 Å². The number of rotatable bonds is 4. The van der Waals surface area contributed by atoms with Gasteiger partial charge in [-0.25, -0.2) is 4.98 Å². The topological polar surface area (TPSA) is 61.3 Å². The summed E-state index contributed by atoms with van der Waals surface area (Å²) in [4.78, 5) is 4.32. The molecule has 1 saturated carbocycles. The maximum atomic E-state index is 5.66. The third-order valence-electron chi connectivity index (χ3n) is 2.73. The minimum Gasteiger partial charge on any atom is -0.438 e. The monoisotopic (exact) mass is 218 g/mol. The van der Waals surface area contributed by atoms with E-state index in [4.69, 9.17) is 14.9 Å². The Morgan fingerprint density at radius 1 is 1.44 bits per heavy atom. The highest BCUT2D eigenvalue weighted by Crippen LogP contribution is 2.29. The molecular weight excluding hydrogens is 204 g/mol. The van der Waals surface area contributed by atoms with Gasteiger partial charge in [-0.3, -0.25) is 0 Å². The molecule has 0 atom stereocenters. The molecule has 4 nitrogen and oxygen atoms in total. The number of hydrogen-bond acceptors (Lipinski definition) is 4. The maximum absolute atomic E-state index is 5.66. The Morgan fingerprint density at radius 3 is 3.12 bits per heavy atom. The van der Waals surface area contributed by atoms with Gasteiger partial charge in [-0.1, -0.05) is 0 Å². The number of hydrogen-bond donors (Lipinski definition) is 1. The third kappa shape index (κ3) is 2.02. The van der Waals surface area contributed by atoms with Crippen molar-refractivity contribution in [2.24, 2.45) is 5.92 Å². The van der Waals surface area contributed by atoms with Crippen molar-refractivity contribution in [3.05, 3.63) is 24.1 Å². The molecule has 84 valence electrons. The zero-order valence-corrected chi connectivity index (χ0v) is 8.98. The molecule has 0 radical (unpaired) electrons. The highest BCUT2D eigenvalue weighted by Gasteiger charge is 2.21. The van der Waals surface area contributed by atoms with Gasteiger partial charge in [-0.05, 0) is 30.9 Å². The van der Waals surface area contributed by atoms with Gasteiger partial charge in [0.2, 0.25) is 5.89 Å². The number of ether oxygens (including phenoxy) is 1. The van der Waals surface area contributed by atoms with Gasteiger partial charge in [0.1, 0.15) is 12.1 Å². The van der Waals surface area contributed by atoms with Crippen molar-refractivity contribution in [3.8, 4) is 0 Å². The van der Waals surface area contributed by atoms with Crippen LogP contribution in [-0.4, -0.2) is 11.6 Å². The maximum Gasteiger partial charge on any atom is 0.221 e. The quantitative estimate of drug-likeness (QED) is 0.800. The van der Waals surface area contributed by atoms with Crippen molar-refractivity contribution < 1.29 is 9.15 Å². The fraction of sp³-hybridized carbons (Fsp3) is 0.417. The summed E-state index contributed by atoms with van der Waals surface area (Å²) in [6.07, 6.45) is 2.59. The second-order valence-electron chi connectivity index (χ2n) is 4.29. The Hall–Kier alpha value is -1.55. The minimum absolute atomic E-state index is 0.449. The lowest BCUT2D eigenvalue weighted by Gasteiger charge is -1.97. The molecule has 1 fully saturated rings. The molecule has 1 aromatic heterocycles. The van der Waals surface area contributed by atoms with Gasteiger partial charge >= 0.3 is 0 Å². The number of nitrogen functional groups attached to an aromatic ring is 1. The van der Waals surface area contributed by atoms with Gasteiger partial charge in [-0.15, -0.1) is 0 Å². The number of benzene rings is 1. The Labute approximate surface area is 93.4 Å². The molecular formula is C12H14N2O2. The largest absolute Gasteiger partial charge is 0.438 e. The summed E-state index contributed by atoms with van der Waals surface area (Å²) in [5.74, 6) is 1.39. The van der Waals surface area contributed by atoms with Crippen LogP contribution in [0.5, 0.6) is 0 Å². The van der Waals surface area contributed by atoms with Crippen molar-refractivity contribution in [1.29, 1.82) is 0 Å².